The fourth-order valence-electron chi connectivity index (χ4n) is 2.96. The summed E-state index contributed by atoms with van der Waals surface area (Å²) in [7, 11) is 0. The van der Waals surface area contributed by atoms with E-state index in [4.69, 9.17) is 0 Å². The first kappa shape index (κ1) is 20.4. The van der Waals surface area contributed by atoms with E-state index in [-0.39, 0.29) is 18.5 Å². The van der Waals surface area contributed by atoms with Crippen molar-refractivity contribution in [2.45, 2.75) is 26.3 Å². The van der Waals surface area contributed by atoms with Crippen LogP contribution in [0, 0.1) is 5.92 Å². The van der Waals surface area contributed by atoms with Gasteiger partial charge in [0.2, 0.25) is 5.91 Å². The van der Waals surface area contributed by atoms with Gasteiger partial charge < -0.3 is 5.32 Å². The Hall–Kier alpha value is -2.38. The smallest absolute Gasteiger partial charge is 0.294 e. The number of benzene rings is 1. The molecule has 1 aliphatic heterocycles. The maximum absolute atomic E-state index is 12.6. The molecule has 1 saturated heterocycles. The standard InChI is InChI=1S/C21H22N2O3S2/c1-14(2)11-17(15-7-4-3-5-8-15)22-19(24)13-23-20(25)18(28-21(23)26)12-16-9-6-10-27-16/h3-10,12,14,17H,11,13H2,1-2H3,(H,22,24)/b18-12-. The number of nitrogens with zero attached hydrogens (tertiary/aromatic N) is 1. The molecule has 0 aliphatic carbocycles. The molecular weight excluding hydrogens is 392 g/mol. The first-order chi connectivity index (χ1) is 13.4. The molecule has 2 aromatic rings. The third-order valence-electron chi connectivity index (χ3n) is 4.24. The SMILES string of the molecule is CC(C)CC(NC(=O)CN1C(=O)S/C(=C\c2cccs2)C1=O)c1ccccc1. The molecule has 1 atom stereocenters. The summed E-state index contributed by atoms with van der Waals surface area (Å²) in [5.41, 5.74) is 1.01. The van der Waals surface area contributed by atoms with Gasteiger partial charge in [-0.25, -0.2) is 0 Å². The van der Waals surface area contributed by atoms with Crippen LogP contribution in [0.25, 0.3) is 6.08 Å². The van der Waals surface area contributed by atoms with Crippen LogP contribution in [0.2, 0.25) is 0 Å². The van der Waals surface area contributed by atoms with Gasteiger partial charge >= 0.3 is 0 Å². The molecule has 1 aromatic carbocycles. The van der Waals surface area contributed by atoms with Crippen molar-refractivity contribution in [1.29, 1.82) is 0 Å². The Morgan fingerprint density at radius 2 is 1.89 bits per heavy atom. The molecule has 1 N–H and O–H groups in total. The molecule has 1 unspecified atom stereocenters. The fraction of sp³-hybridized carbons (Fsp3) is 0.286. The highest BCUT2D eigenvalue weighted by atomic mass is 32.2. The monoisotopic (exact) mass is 414 g/mol. The van der Waals surface area contributed by atoms with E-state index < -0.39 is 11.1 Å². The minimum absolute atomic E-state index is 0.157. The average Bonchev–Trinajstić information content (AvgIpc) is 3.26. The molecule has 0 spiro atoms. The predicted molar refractivity (Wildman–Crippen MR) is 114 cm³/mol. The van der Waals surface area contributed by atoms with Crippen LogP contribution >= 0.6 is 23.1 Å². The number of imide groups is 1. The van der Waals surface area contributed by atoms with Gasteiger partial charge in [0.05, 0.1) is 10.9 Å². The molecule has 146 valence electrons. The van der Waals surface area contributed by atoms with Crippen LogP contribution in [-0.4, -0.2) is 28.5 Å². The van der Waals surface area contributed by atoms with Crippen LogP contribution in [0.5, 0.6) is 0 Å². The number of amides is 3. The molecule has 0 saturated carbocycles. The second kappa shape index (κ2) is 9.21. The van der Waals surface area contributed by atoms with Gasteiger partial charge in [-0.2, -0.15) is 0 Å². The van der Waals surface area contributed by atoms with E-state index in [1.807, 2.05) is 47.8 Å². The molecule has 1 fully saturated rings. The summed E-state index contributed by atoms with van der Waals surface area (Å²) in [5, 5.41) is 4.47. The van der Waals surface area contributed by atoms with Gasteiger partial charge in [-0.05, 0) is 47.2 Å². The Bertz CT molecular complexity index is 876. The lowest BCUT2D eigenvalue weighted by Gasteiger charge is -2.22. The van der Waals surface area contributed by atoms with Gasteiger partial charge in [0.15, 0.2) is 0 Å². The highest BCUT2D eigenvalue weighted by molar-refractivity contribution is 8.18. The van der Waals surface area contributed by atoms with E-state index in [1.165, 1.54) is 11.3 Å². The van der Waals surface area contributed by atoms with Gasteiger partial charge in [-0.1, -0.05) is 50.2 Å². The maximum atomic E-state index is 12.6. The minimum Gasteiger partial charge on any atom is -0.348 e. The van der Waals surface area contributed by atoms with Gasteiger partial charge in [-0.3, -0.25) is 19.3 Å². The Labute approximate surface area is 172 Å². The lowest BCUT2D eigenvalue weighted by atomic mass is 9.97. The fourth-order valence-corrected chi connectivity index (χ4v) is 4.52. The maximum Gasteiger partial charge on any atom is 0.294 e. The minimum atomic E-state index is -0.418. The van der Waals surface area contributed by atoms with Crippen LogP contribution in [0.15, 0.2) is 52.7 Å². The van der Waals surface area contributed by atoms with E-state index in [2.05, 4.69) is 19.2 Å². The van der Waals surface area contributed by atoms with Gasteiger partial charge in [0, 0.05) is 4.88 Å². The quantitative estimate of drug-likeness (QED) is 0.668. The normalized spacial score (nSPS) is 16.8. The molecule has 3 amide bonds. The number of nitrogens with one attached hydrogen (secondary N) is 1. The summed E-state index contributed by atoms with van der Waals surface area (Å²) in [6.07, 6.45) is 2.47. The topological polar surface area (TPSA) is 66.5 Å². The van der Waals surface area contributed by atoms with Crippen molar-refractivity contribution in [3.05, 3.63) is 63.2 Å². The van der Waals surface area contributed by atoms with E-state index >= 15 is 0 Å². The number of hydrogen-bond donors (Lipinski definition) is 1. The number of carbonyl (C=O) groups is 3. The summed E-state index contributed by atoms with van der Waals surface area (Å²) in [6.45, 7) is 3.91. The Kier molecular flexibility index (Phi) is 6.70. The zero-order chi connectivity index (χ0) is 20.1. The van der Waals surface area contributed by atoms with Crippen molar-refractivity contribution in [2.24, 2.45) is 5.92 Å². The first-order valence-electron chi connectivity index (χ1n) is 9.07. The number of rotatable bonds is 7. The van der Waals surface area contributed by atoms with Gasteiger partial charge in [0.1, 0.15) is 6.54 Å². The molecule has 0 radical (unpaired) electrons. The highest BCUT2D eigenvalue weighted by Gasteiger charge is 2.36. The van der Waals surface area contributed by atoms with Crippen molar-refractivity contribution in [2.75, 3.05) is 6.54 Å². The first-order valence-corrected chi connectivity index (χ1v) is 10.8. The van der Waals surface area contributed by atoms with Crippen LogP contribution < -0.4 is 5.32 Å². The average molecular weight is 415 g/mol. The number of hydrogen-bond acceptors (Lipinski definition) is 5. The third-order valence-corrected chi connectivity index (χ3v) is 5.96. The lowest BCUT2D eigenvalue weighted by molar-refractivity contribution is -0.129. The number of thiophene rings is 1. The van der Waals surface area contributed by atoms with Crippen LogP contribution in [0.1, 0.15) is 36.8 Å². The van der Waals surface area contributed by atoms with E-state index in [9.17, 15) is 14.4 Å². The second-order valence-corrected chi connectivity index (χ2v) is 8.92. The zero-order valence-electron chi connectivity index (χ0n) is 15.8. The van der Waals surface area contributed by atoms with E-state index in [0.29, 0.717) is 10.8 Å². The summed E-state index contributed by atoms with van der Waals surface area (Å²) in [5.74, 6) is -0.371. The molecular formula is C21H22N2O3S2. The van der Waals surface area contributed by atoms with Gasteiger partial charge in [-0.15, -0.1) is 11.3 Å². The molecule has 0 bridgehead atoms. The summed E-state index contributed by atoms with van der Waals surface area (Å²) in [6, 6.07) is 13.3. The van der Waals surface area contributed by atoms with Crippen LogP contribution in [-0.2, 0) is 9.59 Å². The largest absolute Gasteiger partial charge is 0.348 e. The predicted octanol–water partition coefficient (Wildman–Crippen LogP) is 4.69. The molecule has 1 aromatic heterocycles. The zero-order valence-corrected chi connectivity index (χ0v) is 17.4. The van der Waals surface area contributed by atoms with Crippen molar-refractivity contribution < 1.29 is 14.4 Å². The molecule has 2 heterocycles. The summed E-state index contributed by atoms with van der Waals surface area (Å²) in [4.78, 5) is 39.6. The van der Waals surface area contributed by atoms with Crippen LogP contribution in [0.3, 0.4) is 0 Å². The Morgan fingerprint density at radius 1 is 1.14 bits per heavy atom. The van der Waals surface area contributed by atoms with Crippen LogP contribution in [0.4, 0.5) is 4.79 Å². The van der Waals surface area contributed by atoms with E-state index in [1.54, 1.807) is 6.08 Å². The summed E-state index contributed by atoms with van der Waals surface area (Å²) < 4.78 is 0. The molecule has 7 heteroatoms. The molecule has 28 heavy (non-hydrogen) atoms. The summed E-state index contributed by atoms with van der Waals surface area (Å²) >= 11 is 2.36. The molecule has 5 nitrogen and oxygen atoms in total. The lowest BCUT2D eigenvalue weighted by Crippen LogP contribution is -2.41. The number of carbonyl (C=O) groups excluding carboxylic acids is 3. The van der Waals surface area contributed by atoms with Crippen molar-refractivity contribution in [3.63, 3.8) is 0 Å². The third kappa shape index (κ3) is 5.11. The number of thioether (sulfide) groups is 1. The molecule has 3 rings (SSSR count). The van der Waals surface area contributed by atoms with E-state index in [0.717, 1.165) is 33.5 Å². The van der Waals surface area contributed by atoms with Crippen molar-refractivity contribution in [1.82, 2.24) is 10.2 Å². The van der Waals surface area contributed by atoms with Gasteiger partial charge in [0.25, 0.3) is 11.1 Å². The van der Waals surface area contributed by atoms with Crippen molar-refractivity contribution in [3.8, 4) is 0 Å². The highest BCUT2D eigenvalue weighted by Crippen LogP contribution is 2.32. The Balaban J connectivity index is 1.67. The second-order valence-electron chi connectivity index (χ2n) is 6.94. The molecule has 1 aliphatic rings. The Morgan fingerprint density at radius 3 is 2.54 bits per heavy atom. The van der Waals surface area contributed by atoms with Crippen molar-refractivity contribution >= 4 is 46.2 Å².